The van der Waals surface area contributed by atoms with Gasteiger partial charge in [-0.25, -0.2) is 9.18 Å². The Morgan fingerprint density at radius 3 is 2.68 bits per heavy atom. The highest BCUT2D eigenvalue weighted by Gasteiger charge is 2.20. The summed E-state index contributed by atoms with van der Waals surface area (Å²) in [6.45, 7) is 3.62. The van der Waals surface area contributed by atoms with Crippen molar-refractivity contribution in [2.45, 2.75) is 26.2 Å². The van der Waals surface area contributed by atoms with Crippen LogP contribution < -0.4 is 10.6 Å². The summed E-state index contributed by atoms with van der Waals surface area (Å²) >= 11 is 0. The van der Waals surface area contributed by atoms with Crippen LogP contribution in [0.5, 0.6) is 0 Å². The number of nitrogen functional groups attached to an aromatic ring is 1. The summed E-state index contributed by atoms with van der Waals surface area (Å²) in [5, 5.41) is 0. The van der Waals surface area contributed by atoms with Gasteiger partial charge in [-0.2, -0.15) is 0 Å². The van der Waals surface area contributed by atoms with E-state index in [0.29, 0.717) is 5.69 Å². The van der Waals surface area contributed by atoms with E-state index in [1.807, 2.05) is 4.90 Å². The number of carbonyl (C=O) groups is 1. The van der Waals surface area contributed by atoms with Gasteiger partial charge in [-0.1, -0.05) is 0 Å². The van der Waals surface area contributed by atoms with Gasteiger partial charge in [0.2, 0.25) is 0 Å². The molecule has 0 unspecified atom stereocenters. The minimum Gasteiger partial charge on any atom is -0.462 e. The van der Waals surface area contributed by atoms with E-state index < -0.39 is 5.97 Å². The molecule has 1 fully saturated rings. The van der Waals surface area contributed by atoms with Crippen molar-refractivity contribution >= 4 is 17.3 Å². The van der Waals surface area contributed by atoms with Gasteiger partial charge in [0, 0.05) is 18.8 Å². The molecule has 1 aromatic rings. The Labute approximate surface area is 112 Å². The minimum atomic E-state index is -0.502. The van der Waals surface area contributed by atoms with Crippen LogP contribution in [0, 0.1) is 5.82 Å². The van der Waals surface area contributed by atoms with Gasteiger partial charge in [-0.15, -0.1) is 0 Å². The highest BCUT2D eigenvalue weighted by atomic mass is 19.1. The number of benzene rings is 1. The summed E-state index contributed by atoms with van der Waals surface area (Å²) in [7, 11) is 0. The van der Waals surface area contributed by atoms with Gasteiger partial charge in [0.1, 0.15) is 5.82 Å². The van der Waals surface area contributed by atoms with E-state index >= 15 is 0 Å². The summed E-state index contributed by atoms with van der Waals surface area (Å²) in [5.41, 5.74) is 6.49. The summed E-state index contributed by atoms with van der Waals surface area (Å²) in [4.78, 5) is 13.7. The first-order chi connectivity index (χ1) is 9.13. The minimum absolute atomic E-state index is 0.122. The van der Waals surface area contributed by atoms with Crippen LogP contribution in [0.4, 0.5) is 15.8 Å². The molecule has 0 aromatic heterocycles. The van der Waals surface area contributed by atoms with E-state index in [0.717, 1.165) is 32.4 Å². The van der Waals surface area contributed by atoms with Crippen molar-refractivity contribution in [3.05, 3.63) is 23.5 Å². The lowest BCUT2D eigenvalue weighted by Crippen LogP contribution is -2.30. The number of piperidine rings is 1. The van der Waals surface area contributed by atoms with Crippen molar-refractivity contribution in [3.63, 3.8) is 0 Å². The summed E-state index contributed by atoms with van der Waals surface area (Å²) < 4.78 is 18.9. The molecule has 19 heavy (non-hydrogen) atoms. The highest BCUT2D eigenvalue weighted by Crippen LogP contribution is 2.28. The largest absolute Gasteiger partial charge is 0.462 e. The number of nitrogens with zero attached hydrogens (tertiary/aromatic N) is 1. The third-order valence-corrected chi connectivity index (χ3v) is 3.31. The Morgan fingerprint density at radius 1 is 1.37 bits per heavy atom. The normalized spacial score (nSPS) is 15.4. The number of anilines is 2. The first-order valence-corrected chi connectivity index (χ1v) is 6.64. The van der Waals surface area contributed by atoms with E-state index in [2.05, 4.69) is 0 Å². The highest BCUT2D eigenvalue weighted by molar-refractivity contribution is 5.96. The maximum atomic E-state index is 14.0. The van der Waals surface area contributed by atoms with Crippen LogP contribution in [0.25, 0.3) is 0 Å². The number of hydrogen-bond donors (Lipinski definition) is 1. The number of esters is 1. The standard InChI is InChI=1S/C14H19FN2O2/c1-2-19-14(18)10-8-13(11(15)9-12(10)16)17-6-4-3-5-7-17/h8-9H,2-7,16H2,1H3. The fourth-order valence-corrected chi connectivity index (χ4v) is 2.34. The van der Waals surface area contributed by atoms with Crippen LogP contribution in [0.1, 0.15) is 36.5 Å². The van der Waals surface area contributed by atoms with E-state index in [4.69, 9.17) is 10.5 Å². The molecule has 2 rings (SSSR count). The zero-order valence-electron chi connectivity index (χ0n) is 11.1. The van der Waals surface area contributed by atoms with Crippen molar-refractivity contribution in [1.82, 2.24) is 0 Å². The zero-order valence-corrected chi connectivity index (χ0v) is 11.1. The second kappa shape index (κ2) is 5.91. The summed E-state index contributed by atoms with van der Waals surface area (Å²) in [5.74, 6) is -0.884. The van der Waals surface area contributed by atoms with Crippen molar-refractivity contribution in [2.24, 2.45) is 0 Å². The first-order valence-electron chi connectivity index (χ1n) is 6.64. The Morgan fingerprint density at radius 2 is 2.05 bits per heavy atom. The van der Waals surface area contributed by atoms with Gasteiger partial charge < -0.3 is 15.4 Å². The predicted molar refractivity (Wildman–Crippen MR) is 72.8 cm³/mol. The number of rotatable bonds is 3. The molecule has 0 amide bonds. The van der Waals surface area contributed by atoms with Crippen LogP contribution in [0.2, 0.25) is 0 Å². The van der Waals surface area contributed by atoms with Crippen molar-refractivity contribution in [3.8, 4) is 0 Å². The third kappa shape index (κ3) is 2.97. The molecule has 1 saturated heterocycles. The van der Waals surface area contributed by atoms with Gasteiger partial charge in [0.05, 0.1) is 17.9 Å². The molecule has 1 aliphatic rings. The molecule has 1 aliphatic heterocycles. The van der Waals surface area contributed by atoms with Crippen molar-refractivity contribution in [2.75, 3.05) is 30.3 Å². The molecule has 0 bridgehead atoms. The Kier molecular flexibility index (Phi) is 4.24. The van der Waals surface area contributed by atoms with Gasteiger partial charge >= 0.3 is 5.97 Å². The maximum absolute atomic E-state index is 14.0. The third-order valence-electron chi connectivity index (χ3n) is 3.31. The molecule has 0 radical (unpaired) electrons. The lowest BCUT2D eigenvalue weighted by atomic mass is 10.1. The number of carbonyl (C=O) groups excluding carboxylic acids is 1. The molecular formula is C14H19FN2O2. The summed E-state index contributed by atoms with van der Waals surface area (Å²) in [6, 6.07) is 2.71. The predicted octanol–water partition coefficient (Wildman–Crippen LogP) is 2.57. The topological polar surface area (TPSA) is 55.6 Å². The second-order valence-electron chi connectivity index (χ2n) is 4.66. The quantitative estimate of drug-likeness (QED) is 0.675. The fourth-order valence-electron chi connectivity index (χ4n) is 2.34. The SMILES string of the molecule is CCOC(=O)c1cc(N2CCCCC2)c(F)cc1N. The number of hydrogen-bond acceptors (Lipinski definition) is 4. The number of halogens is 1. The average molecular weight is 266 g/mol. The lowest BCUT2D eigenvalue weighted by molar-refractivity contribution is 0.0527. The van der Waals surface area contributed by atoms with E-state index in [1.165, 1.54) is 12.1 Å². The van der Waals surface area contributed by atoms with Gasteiger partial charge in [0.25, 0.3) is 0 Å². The monoisotopic (exact) mass is 266 g/mol. The maximum Gasteiger partial charge on any atom is 0.340 e. The molecule has 1 heterocycles. The molecule has 0 atom stereocenters. The van der Waals surface area contributed by atoms with E-state index in [9.17, 15) is 9.18 Å². The van der Waals surface area contributed by atoms with Crippen molar-refractivity contribution < 1.29 is 13.9 Å². The molecule has 0 aliphatic carbocycles. The summed E-state index contributed by atoms with van der Waals surface area (Å²) in [6.07, 6.45) is 3.24. The molecule has 4 nitrogen and oxygen atoms in total. The van der Waals surface area contributed by atoms with E-state index in [-0.39, 0.29) is 23.7 Å². The molecule has 104 valence electrons. The van der Waals surface area contributed by atoms with Crippen LogP contribution in [-0.2, 0) is 4.74 Å². The molecule has 5 heteroatoms. The van der Waals surface area contributed by atoms with Crippen LogP contribution in [0.15, 0.2) is 12.1 Å². The van der Waals surface area contributed by atoms with E-state index in [1.54, 1.807) is 6.92 Å². The first kappa shape index (κ1) is 13.6. The fraction of sp³-hybridized carbons (Fsp3) is 0.500. The second-order valence-corrected chi connectivity index (χ2v) is 4.66. The zero-order chi connectivity index (χ0) is 13.8. The van der Waals surface area contributed by atoms with Gasteiger partial charge in [-0.05, 0) is 38.3 Å². The molecule has 1 aromatic carbocycles. The average Bonchev–Trinajstić information content (AvgIpc) is 2.40. The Balaban J connectivity index is 2.32. The van der Waals surface area contributed by atoms with Crippen LogP contribution >= 0.6 is 0 Å². The van der Waals surface area contributed by atoms with Gasteiger partial charge in [-0.3, -0.25) is 0 Å². The number of ether oxygens (including phenoxy) is 1. The molecule has 0 spiro atoms. The van der Waals surface area contributed by atoms with Gasteiger partial charge in [0.15, 0.2) is 0 Å². The smallest absolute Gasteiger partial charge is 0.340 e. The molecule has 2 N–H and O–H groups in total. The van der Waals surface area contributed by atoms with Crippen LogP contribution in [-0.4, -0.2) is 25.7 Å². The lowest BCUT2D eigenvalue weighted by Gasteiger charge is -2.29. The Bertz CT molecular complexity index is 471. The van der Waals surface area contributed by atoms with Crippen molar-refractivity contribution in [1.29, 1.82) is 0 Å². The number of nitrogens with two attached hydrogens (primary N) is 1. The van der Waals surface area contributed by atoms with Crippen LogP contribution in [0.3, 0.4) is 0 Å². The Hall–Kier alpha value is -1.78. The molecule has 0 saturated carbocycles. The molecular weight excluding hydrogens is 247 g/mol.